The molecule has 0 radical (unpaired) electrons. The summed E-state index contributed by atoms with van der Waals surface area (Å²) in [6.45, 7) is 0. The summed E-state index contributed by atoms with van der Waals surface area (Å²) < 4.78 is 0. The van der Waals surface area contributed by atoms with Crippen LogP contribution in [-0.4, -0.2) is 160 Å². The van der Waals surface area contributed by atoms with Gasteiger partial charge in [0.15, 0.2) is 0 Å². The monoisotopic (exact) mass is 256 g/mol. The molecule has 0 aromatic heterocycles. The minimum atomic E-state index is -1.83. The summed E-state index contributed by atoms with van der Waals surface area (Å²) >= 11 is 0. The van der Waals surface area contributed by atoms with Crippen LogP contribution in [0.4, 0.5) is 4.79 Å². The van der Waals surface area contributed by atoms with Crippen molar-refractivity contribution in [2.24, 2.45) is 0 Å². The SMILES string of the molecule is O=C(O)O.[Ca+2].[Ca+2].[H-].[H-].[H-].[H-].[Mg+2].[Mg+2].[SiH3-].[SiH3-]. The van der Waals surface area contributed by atoms with Gasteiger partial charge in [0.05, 0.1) is 0 Å². The first-order valence-corrected chi connectivity index (χ1v) is 0.651. The van der Waals surface area contributed by atoms with E-state index in [-0.39, 0.29) is 149 Å². The van der Waals surface area contributed by atoms with Gasteiger partial charge in [0.1, 0.15) is 0 Å². The predicted octanol–water partition coefficient (Wildman–Crippen LogP) is -3.22. The second-order valence-electron chi connectivity index (χ2n) is 0.283. The molecule has 10 heavy (non-hydrogen) atoms. The Morgan fingerprint density at radius 3 is 1.00 bits per heavy atom. The van der Waals surface area contributed by atoms with Crippen LogP contribution in [0.1, 0.15) is 5.71 Å². The van der Waals surface area contributed by atoms with Gasteiger partial charge >= 0.3 is 128 Å². The molecule has 0 aromatic rings. The van der Waals surface area contributed by atoms with Crippen LogP contribution >= 0.6 is 0 Å². The Bertz CT molecular complexity index is 57.6. The van der Waals surface area contributed by atoms with E-state index in [0.29, 0.717) is 0 Å². The van der Waals surface area contributed by atoms with Crippen LogP contribution in [0.3, 0.4) is 0 Å². The summed E-state index contributed by atoms with van der Waals surface area (Å²) in [7, 11) is 0. The van der Waals surface area contributed by atoms with Crippen LogP contribution in [0.5, 0.6) is 0 Å². The molecule has 0 aliphatic heterocycles. The van der Waals surface area contributed by atoms with E-state index >= 15 is 0 Å². The molecule has 2 N–H and O–H groups in total. The van der Waals surface area contributed by atoms with Crippen molar-refractivity contribution in [3.8, 4) is 0 Å². The van der Waals surface area contributed by atoms with Gasteiger partial charge in [-0.25, -0.2) is 4.79 Å². The Hall–Kier alpha value is 3.76. The summed E-state index contributed by atoms with van der Waals surface area (Å²) in [6.07, 6.45) is -1.83. The summed E-state index contributed by atoms with van der Waals surface area (Å²) in [6, 6.07) is 0. The van der Waals surface area contributed by atoms with Gasteiger partial charge in [-0.15, -0.1) is 0 Å². The molecule has 0 saturated heterocycles. The summed E-state index contributed by atoms with van der Waals surface area (Å²) in [4.78, 5) is 8.56. The van der Waals surface area contributed by atoms with Gasteiger partial charge in [-0.1, -0.05) is 0 Å². The van der Waals surface area contributed by atoms with E-state index in [0.717, 1.165) is 0 Å². The van der Waals surface area contributed by atoms with Crippen LogP contribution < -0.4 is 0 Å². The fraction of sp³-hybridized carbons (Fsp3) is 0. The van der Waals surface area contributed by atoms with E-state index in [1.807, 2.05) is 0 Å². The zero-order valence-corrected chi connectivity index (χ0v) is 17.9. The maximum atomic E-state index is 8.56. The van der Waals surface area contributed by atoms with E-state index in [1.54, 1.807) is 0 Å². The molecule has 3 nitrogen and oxygen atoms in total. The molecule has 0 rings (SSSR count). The van der Waals surface area contributed by atoms with Gasteiger partial charge in [0.25, 0.3) is 0 Å². The smallest absolute Gasteiger partial charge is 1.00 e. The third-order valence-electron chi connectivity index (χ3n) is 0. The fourth-order valence-corrected chi connectivity index (χ4v) is 0. The Balaban J connectivity index is -0.000000001000. The molecule has 48 valence electrons. The van der Waals surface area contributed by atoms with Gasteiger partial charge < -0.3 is 37.9 Å². The molecule has 0 unspecified atom stereocenters. The van der Waals surface area contributed by atoms with Crippen molar-refractivity contribution in [3.05, 3.63) is 0 Å². The van der Waals surface area contributed by atoms with Crippen molar-refractivity contribution < 1.29 is 20.7 Å². The van der Waals surface area contributed by atoms with Crippen molar-refractivity contribution in [3.63, 3.8) is 0 Å². The van der Waals surface area contributed by atoms with Crippen molar-refractivity contribution >= 4 is 150 Å². The molecule has 0 saturated carbocycles. The topological polar surface area (TPSA) is 57.5 Å². The zero-order chi connectivity index (χ0) is 3.58. The number of rotatable bonds is 0. The molecule has 9 heteroatoms. The van der Waals surface area contributed by atoms with Crippen LogP contribution in [0.2, 0.25) is 0 Å². The third-order valence-corrected chi connectivity index (χ3v) is 0. The van der Waals surface area contributed by atoms with Gasteiger partial charge in [-0.3, -0.25) is 0 Å². The predicted molar refractivity (Wildman–Crippen MR) is 58.0 cm³/mol. The van der Waals surface area contributed by atoms with Crippen LogP contribution in [0.25, 0.3) is 0 Å². The molecule has 0 heterocycles. The van der Waals surface area contributed by atoms with Crippen molar-refractivity contribution in [1.29, 1.82) is 0 Å². The molecule has 0 spiro atoms. The van der Waals surface area contributed by atoms with Gasteiger partial charge in [0.2, 0.25) is 0 Å². The van der Waals surface area contributed by atoms with E-state index in [1.165, 1.54) is 0 Å². The quantitative estimate of drug-likeness (QED) is 0.449. The fourth-order valence-electron chi connectivity index (χ4n) is 0. The normalized spacial score (nSPS) is 2.40. The van der Waals surface area contributed by atoms with Gasteiger partial charge in [-0.05, 0) is 0 Å². The average molecular weight is 257 g/mol. The Morgan fingerprint density at radius 1 is 1.00 bits per heavy atom. The Labute approximate surface area is 167 Å². The van der Waals surface area contributed by atoms with Crippen LogP contribution in [0, 0.1) is 0 Å². The number of hydrogen-bond acceptors (Lipinski definition) is 1. The minimum Gasteiger partial charge on any atom is -1.00 e. The maximum Gasteiger partial charge on any atom is 2.00 e. The van der Waals surface area contributed by atoms with Crippen LogP contribution in [-0.2, 0) is 0 Å². The molecule has 0 aromatic carbocycles. The van der Waals surface area contributed by atoms with Crippen molar-refractivity contribution in [1.82, 2.24) is 0 Å². The van der Waals surface area contributed by atoms with E-state index < -0.39 is 6.16 Å². The molecule has 0 amide bonds. The number of hydrogen-bond donors (Lipinski definition) is 2. The van der Waals surface area contributed by atoms with E-state index in [9.17, 15) is 0 Å². The first-order valence-electron chi connectivity index (χ1n) is 0.651. The Morgan fingerprint density at radius 2 is 1.00 bits per heavy atom. The largest absolute Gasteiger partial charge is 2.00 e. The maximum absolute atomic E-state index is 8.56. The van der Waals surface area contributed by atoms with Crippen molar-refractivity contribution in [2.75, 3.05) is 0 Å². The second kappa shape index (κ2) is 38.6. The van der Waals surface area contributed by atoms with Gasteiger partial charge in [0, 0.05) is 0 Å². The van der Waals surface area contributed by atoms with E-state index in [4.69, 9.17) is 15.0 Å². The molecule has 0 aliphatic carbocycles. The van der Waals surface area contributed by atoms with E-state index in [2.05, 4.69) is 0 Å². The first kappa shape index (κ1) is 49.0. The number of carbonyl (C=O) groups is 1. The van der Waals surface area contributed by atoms with Crippen molar-refractivity contribution in [2.45, 2.75) is 0 Å². The molecule has 0 fully saturated rings. The summed E-state index contributed by atoms with van der Waals surface area (Å²) in [5.74, 6) is 0. The molecule has 0 atom stereocenters. The summed E-state index contributed by atoms with van der Waals surface area (Å²) in [5, 5.41) is 13.9. The Kier molecular flexibility index (Phi) is 189. The molecular formula is CH12Ca2Mg2O3Si2+2. The third kappa shape index (κ3) is 96.4. The molecular weight excluding hydrogens is 245 g/mol. The zero-order valence-electron chi connectivity index (χ0n) is 10.6. The molecule has 0 bridgehead atoms. The summed E-state index contributed by atoms with van der Waals surface area (Å²) in [5.41, 5.74) is 0. The average Bonchev–Trinajstić information content (AvgIpc) is 0.811. The van der Waals surface area contributed by atoms with Gasteiger partial charge in [-0.2, -0.15) is 0 Å². The minimum absolute atomic E-state index is 0. The first-order chi connectivity index (χ1) is 1.73. The second-order valence-corrected chi connectivity index (χ2v) is 0.283. The standard InChI is InChI=1S/CH2O3.2Ca.2Mg.2H3Si.4H/c2-1(3)4;;;;;;;;;;/h(H2,2,3,4);;;;;2*1H3;;;;/q;4*+2;6*-1. The number of carboxylic acid groups (broad SMARTS) is 2. The van der Waals surface area contributed by atoms with Crippen LogP contribution in [0.15, 0.2) is 0 Å². The molecule has 0 aliphatic rings.